The highest BCUT2D eigenvalue weighted by Gasteiger charge is 2.06. The van der Waals surface area contributed by atoms with Gasteiger partial charge in [0.2, 0.25) is 0 Å². The summed E-state index contributed by atoms with van der Waals surface area (Å²) in [7, 11) is -1.47. The lowest BCUT2D eigenvalue weighted by Gasteiger charge is -2.03. The zero-order valence-electron chi connectivity index (χ0n) is 13.1. The molecule has 0 bridgehead atoms. The second kappa shape index (κ2) is 14.3. The van der Waals surface area contributed by atoms with E-state index in [1.807, 2.05) is 0 Å². The summed E-state index contributed by atoms with van der Waals surface area (Å²) in [6.45, 7) is 2.25. The Morgan fingerprint density at radius 3 is 1.40 bits per heavy atom. The summed E-state index contributed by atoms with van der Waals surface area (Å²) in [5.74, 6) is 0.147. The van der Waals surface area contributed by atoms with Crippen LogP contribution in [0.2, 0.25) is 0 Å². The van der Waals surface area contributed by atoms with Crippen LogP contribution in [-0.4, -0.2) is 14.2 Å². The molecule has 0 aromatic carbocycles. The molecule has 0 aliphatic heterocycles. The van der Waals surface area contributed by atoms with Crippen molar-refractivity contribution in [1.29, 1.82) is 0 Å². The fourth-order valence-electron chi connectivity index (χ4n) is 2.34. The Morgan fingerprint density at radius 1 is 0.700 bits per heavy atom. The van der Waals surface area contributed by atoms with Gasteiger partial charge in [0.1, 0.15) is 0 Å². The van der Waals surface area contributed by atoms with E-state index < -0.39 is 10.1 Å². The molecule has 0 spiro atoms. The van der Waals surface area contributed by atoms with Crippen molar-refractivity contribution in [3.63, 3.8) is 0 Å². The topological polar surface area (TPSA) is 43.4 Å². The summed E-state index contributed by atoms with van der Waals surface area (Å²) in [5.41, 5.74) is 0. The second-order valence-electron chi connectivity index (χ2n) is 5.60. The fourth-order valence-corrected chi connectivity index (χ4v) is 3.29. The normalized spacial score (nSPS) is 11.9. The lowest BCUT2D eigenvalue weighted by Crippen LogP contribution is -2.04. The van der Waals surface area contributed by atoms with Crippen LogP contribution in [0.3, 0.4) is 0 Å². The van der Waals surface area contributed by atoms with Crippen LogP contribution in [0.25, 0.3) is 0 Å². The molecule has 0 saturated heterocycles. The smallest absolute Gasteiger partial charge is 0.254 e. The predicted octanol–water partition coefficient (Wildman–Crippen LogP) is 5.21. The van der Waals surface area contributed by atoms with E-state index in [0.29, 0.717) is 6.42 Å². The summed E-state index contributed by atoms with van der Waals surface area (Å²) in [5, 5.41) is 0. The minimum Gasteiger partial charge on any atom is -0.254 e. The molecule has 122 valence electrons. The number of hydrogen-bond donors (Lipinski definition) is 0. The van der Waals surface area contributed by atoms with Crippen LogP contribution in [0.1, 0.15) is 90.4 Å². The van der Waals surface area contributed by atoms with Crippen molar-refractivity contribution in [2.45, 2.75) is 90.4 Å². The molecule has 20 heavy (non-hydrogen) atoms. The molecule has 0 aromatic heterocycles. The molecule has 0 heterocycles. The third kappa shape index (κ3) is 14.7. The SMILES string of the molecule is CCCCCCCCCCCCCCCS(=O)(=O)OP. The van der Waals surface area contributed by atoms with E-state index in [9.17, 15) is 8.42 Å². The number of unbranched alkanes of at least 4 members (excludes halogenated alkanes) is 12. The van der Waals surface area contributed by atoms with Crippen molar-refractivity contribution < 1.29 is 12.4 Å². The van der Waals surface area contributed by atoms with E-state index >= 15 is 0 Å². The van der Waals surface area contributed by atoms with Crippen molar-refractivity contribution in [3.05, 3.63) is 0 Å². The monoisotopic (exact) mass is 324 g/mol. The van der Waals surface area contributed by atoms with E-state index in [0.717, 1.165) is 12.8 Å². The van der Waals surface area contributed by atoms with Gasteiger partial charge in [-0.25, -0.2) is 0 Å². The first-order chi connectivity index (χ1) is 9.62. The first-order valence-electron chi connectivity index (χ1n) is 8.23. The average Bonchev–Trinajstić information content (AvgIpc) is 2.44. The van der Waals surface area contributed by atoms with Crippen molar-refractivity contribution in [2.24, 2.45) is 0 Å². The number of rotatable bonds is 15. The minimum absolute atomic E-state index is 0.147. The lowest BCUT2D eigenvalue weighted by atomic mass is 10.1. The van der Waals surface area contributed by atoms with E-state index in [1.165, 1.54) is 64.2 Å². The predicted molar refractivity (Wildman–Crippen MR) is 90.3 cm³/mol. The maximum atomic E-state index is 11.1. The van der Waals surface area contributed by atoms with Crippen LogP contribution in [0.4, 0.5) is 0 Å². The standard InChI is InChI=1S/C15H33O3PS/c1-2-3-4-5-6-7-8-9-10-11-12-13-14-15-20(16,17)18-19/h2-15,19H2,1H3. The van der Waals surface area contributed by atoms with Gasteiger partial charge in [0.05, 0.1) is 5.75 Å². The first kappa shape index (κ1) is 20.3. The molecule has 0 N–H and O–H groups in total. The highest BCUT2D eigenvalue weighted by atomic mass is 32.2. The highest BCUT2D eigenvalue weighted by molar-refractivity contribution is 7.88. The van der Waals surface area contributed by atoms with E-state index in [1.54, 1.807) is 9.47 Å². The molecule has 1 atom stereocenters. The van der Waals surface area contributed by atoms with Crippen LogP contribution in [0.15, 0.2) is 0 Å². The Hall–Kier alpha value is 0.340. The van der Waals surface area contributed by atoms with Crippen molar-refractivity contribution in [3.8, 4) is 0 Å². The maximum absolute atomic E-state index is 11.1. The Morgan fingerprint density at radius 2 is 1.05 bits per heavy atom. The van der Waals surface area contributed by atoms with E-state index in [2.05, 4.69) is 10.9 Å². The Labute approximate surface area is 128 Å². The van der Waals surface area contributed by atoms with Gasteiger partial charge in [-0.3, -0.25) is 3.97 Å². The summed E-state index contributed by atoms with van der Waals surface area (Å²) < 4.78 is 26.4. The van der Waals surface area contributed by atoms with Gasteiger partial charge in [0.15, 0.2) is 0 Å². The van der Waals surface area contributed by atoms with Gasteiger partial charge in [-0.15, -0.1) is 0 Å². The maximum Gasteiger partial charge on any atom is 0.269 e. The van der Waals surface area contributed by atoms with Crippen LogP contribution < -0.4 is 0 Å². The van der Waals surface area contributed by atoms with E-state index in [4.69, 9.17) is 0 Å². The van der Waals surface area contributed by atoms with Gasteiger partial charge in [0, 0.05) is 9.47 Å². The Kier molecular flexibility index (Phi) is 14.5. The van der Waals surface area contributed by atoms with Gasteiger partial charge in [-0.05, 0) is 6.42 Å². The second-order valence-corrected chi connectivity index (χ2v) is 7.89. The van der Waals surface area contributed by atoms with E-state index in [-0.39, 0.29) is 5.75 Å². The molecule has 0 fully saturated rings. The summed E-state index contributed by atoms with van der Waals surface area (Å²) in [6, 6.07) is 0. The van der Waals surface area contributed by atoms with Crippen molar-refractivity contribution in [2.75, 3.05) is 5.75 Å². The Balaban J connectivity index is 3.10. The molecule has 0 radical (unpaired) electrons. The average molecular weight is 324 g/mol. The van der Waals surface area contributed by atoms with Gasteiger partial charge in [-0.2, -0.15) is 8.42 Å². The Bertz CT molecular complexity index is 291. The quantitative estimate of drug-likeness (QED) is 0.306. The van der Waals surface area contributed by atoms with Gasteiger partial charge < -0.3 is 0 Å². The minimum atomic E-state index is -3.27. The molecule has 0 saturated carbocycles. The number of hydrogen-bond acceptors (Lipinski definition) is 3. The third-order valence-electron chi connectivity index (χ3n) is 3.64. The van der Waals surface area contributed by atoms with Crippen LogP contribution >= 0.6 is 9.47 Å². The highest BCUT2D eigenvalue weighted by Crippen LogP contribution is 2.13. The molecule has 0 aliphatic rings. The van der Waals surface area contributed by atoms with Crippen molar-refractivity contribution in [1.82, 2.24) is 0 Å². The third-order valence-corrected chi connectivity index (χ3v) is 5.61. The molecule has 3 nitrogen and oxygen atoms in total. The largest absolute Gasteiger partial charge is 0.269 e. The van der Waals surface area contributed by atoms with Gasteiger partial charge in [0.25, 0.3) is 10.1 Å². The fraction of sp³-hybridized carbons (Fsp3) is 1.00. The first-order valence-corrected chi connectivity index (χ1v) is 10.3. The summed E-state index contributed by atoms with van der Waals surface area (Å²) >= 11 is 0. The van der Waals surface area contributed by atoms with Crippen LogP contribution in [0.5, 0.6) is 0 Å². The lowest BCUT2D eigenvalue weighted by molar-refractivity contribution is 0.510. The van der Waals surface area contributed by atoms with Gasteiger partial charge in [-0.1, -0.05) is 84.0 Å². The van der Waals surface area contributed by atoms with Crippen LogP contribution in [0, 0.1) is 0 Å². The molecule has 0 aromatic rings. The summed E-state index contributed by atoms with van der Waals surface area (Å²) in [4.78, 5) is 0. The molecular formula is C15H33O3PS. The molecule has 0 rings (SSSR count). The van der Waals surface area contributed by atoms with Crippen molar-refractivity contribution >= 4 is 19.6 Å². The van der Waals surface area contributed by atoms with Crippen LogP contribution in [-0.2, 0) is 14.1 Å². The molecule has 1 unspecified atom stereocenters. The summed E-state index contributed by atoms with van der Waals surface area (Å²) in [6.07, 6.45) is 16.4. The molecule has 5 heteroatoms. The molecule has 0 aliphatic carbocycles. The zero-order chi connectivity index (χ0) is 15.1. The van der Waals surface area contributed by atoms with Gasteiger partial charge >= 0.3 is 0 Å². The molecule has 0 amide bonds. The molecular weight excluding hydrogens is 291 g/mol. The zero-order valence-corrected chi connectivity index (χ0v) is 15.1.